The maximum Gasteiger partial charge on any atom is 0.243 e. The van der Waals surface area contributed by atoms with Gasteiger partial charge in [0, 0.05) is 111 Å². The zero-order valence-electron chi connectivity index (χ0n) is 41.9. The van der Waals surface area contributed by atoms with Crippen molar-refractivity contribution >= 4 is 44.0 Å². The van der Waals surface area contributed by atoms with Crippen LogP contribution in [0.15, 0.2) is 78.2 Å². The number of piperazine rings is 1. The fourth-order valence-corrected chi connectivity index (χ4v) is 12.4. The van der Waals surface area contributed by atoms with Crippen LogP contribution < -0.4 is 10.6 Å². The van der Waals surface area contributed by atoms with Crippen LogP contribution in [0, 0.1) is 0 Å². The maximum atomic E-state index is 13.4. The van der Waals surface area contributed by atoms with Crippen molar-refractivity contribution in [3.05, 3.63) is 78.9 Å². The average molecular weight is 988 g/mol. The van der Waals surface area contributed by atoms with E-state index in [1.807, 2.05) is 24.5 Å². The number of nitrogens with zero attached hydrogens (tertiary/aromatic N) is 9. The van der Waals surface area contributed by atoms with Gasteiger partial charge < -0.3 is 34.3 Å². The predicted octanol–water partition coefficient (Wildman–Crippen LogP) is 8.70. The first kappa shape index (κ1) is 49.6. The maximum absolute atomic E-state index is 13.4. The zero-order valence-corrected chi connectivity index (χ0v) is 42.7. The molecule has 0 spiro atoms. The van der Waals surface area contributed by atoms with Gasteiger partial charge in [0.2, 0.25) is 21.9 Å². The van der Waals surface area contributed by atoms with E-state index in [2.05, 4.69) is 87.1 Å². The number of ether oxygens (including phenoxy) is 2. The Labute approximate surface area is 419 Å². The van der Waals surface area contributed by atoms with Crippen molar-refractivity contribution in [2.45, 2.75) is 133 Å². The van der Waals surface area contributed by atoms with Crippen LogP contribution in [0.3, 0.4) is 0 Å². The molecule has 6 aromatic rings. The molecule has 380 valence electrons. The number of hydrogen-bond donors (Lipinski definition) is 3. The molecular weight excluding hydrogens is 915 g/mol. The number of aliphatic hydroxyl groups is 1. The summed E-state index contributed by atoms with van der Waals surface area (Å²) >= 11 is 0. The standard InChI is InChI=1S/C54H73N11O5S/c1-4-6-24-55-53-57-32-46-48(35-64(51(46)59-53)41-14-18-43(66)19-15-41)39-10-8-38(9-11-39)34-62-27-26-61(3)50(37-62)70-44-20-16-42(17-21-44)65-36-49(47-33-58-54(60-52(47)65)56-25-7-5-2)40-12-22-45(23-13-40)71(67,68)63-28-30-69-31-29-63/h8-13,22-23,32-33,35-36,41-44,50,66H,4-7,14-21,24-31,34,37H2,1-3H3,(H,55,57,59)(H,56,58,60). The van der Waals surface area contributed by atoms with E-state index in [-0.39, 0.29) is 24.5 Å². The van der Waals surface area contributed by atoms with E-state index in [1.165, 1.54) is 9.87 Å². The lowest BCUT2D eigenvalue weighted by atomic mass is 9.92. The minimum atomic E-state index is -3.60. The van der Waals surface area contributed by atoms with Crippen molar-refractivity contribution in [2.75, 3.05) is 76.7 Å². The molecule has 16 nitrogen and oxygen atoms in total. The number of hydrogen-bond acceptors (Lipinski definition) is 13. The van der Waals surface area contributed by atoms with E-state index in [9.17, 15) is 13.5 Å². The van der Waals surface area contributed by atoms with E-state index in [0.29, 0.717) is 49.1 Å². The van der Waals surface area contributed by atoms with Gasteiger partial charge in [-0.15, -0.1) is 0 Å². The number of anilines is 2. The molecule has 2 aromatic carbocycles. The van der Waals surface area contributed by atoms with E-state index < -0.39 is 10.0 Å². The molecular formula is C54H73N11O5S. The molecule has 0 bridgehead atoms. The smallest absolute Gasteiger partial charge is 0.243 e. The highest BCUT2D eigenvalue weighted by atomic mass is 32.2. The first-order valence-corrected chi connectivity index (χ1v) is 27.9. The van der Waals surface area contributed by atoms with Crippen LogP contribution in [-0.2, 0) is 26.0 Å². The topological polar surface area (TPSA) is 168 Å². The van der Waals surface area contributed by atoms with Gasteiger partial charge in [-0.3, -0.25) is 9.80 Å². The van der Waals surface area contributed by atoms with E-state index in [4.69, 9.17) is 29.4 Å². The normalized spacial score (nSPS) is 23.1. The molecule has 1 unspecified atom stereocenters. The van der Waals surface area contributed by atoms with Crippen molar-refractivity contribution in [2.24, 2.45) is 0 Å². The fraction of sp³-hybridized carbons (Fsp3) is 0.556. The van der Waals surface area contributed by atoms with Crippen molar-refractivity contribution in [3.8, 4) is 22.3 Å². The van der Waals surface area contributed by atoms with Crippen molar-refractivity contribution in [3.63, 3.8) is 0 Å². The Morgan fingerprint density at radius 1 is 0.704 bits per heavy atom. The summed E-state index contributed by atoms with van der Waals surface area (Å²) in [5.74, 6) is 1.30. The van der Waals surface area contributed by atoms with Gasteiger partial charge in [-0.25, -0.2) is 18.4 Å². The largest absolute Gasteiger partial charge is 0.393 e. The molecule has 4 fully saturated rings. The lowest BCUT2D eigenvalue weighted by Crippen LogP contribution is -2.53. The number of sulfonamides is 1. The lowest BCUT2D eigenvalue weighted by molar-refractivity contribution is -0.134. The summed E-state index contributed by atoms with van der Waals surface area (Å²) in [6.07, 6.45) is 20.0. The van der Waals surface area contributed by atoms with Crippen molar-refractivity contribution < 1.29 is 23.0 Å². The molecule has 10 rings (SSSR count). The van der Waals surface area contributed by atoms with E-state index in [0.717, 1.165) is 161 Å². The van der Waals surface area contributed by atoms with Crippen LogP contribution in [0.2, 0.25) is 0 Å². The molecule has 17 heteroatoms. The second-order valence-electron chi connectivity index (χ2n) is 20.3. The van der Waals surface area contributed by atoms with E-state index in [1.54, 1.807) is 12.1 Å². The molecule has 2 aliphatic carbocycles. The van der Waals surface area contributed by atoms with Gasteiger partial charge in [-0.2, -0.15) is 14.3 Å². The zero-order chi connectivity index (χ0) is 48.9. The Bertz CT molecular complexity index is 2810. The molecule has 3 N–H and O–H groups in total. The Hall–Kier alpha value is -5.01. The Morgan fingerprint density at radius 3 is 1.79 bits per heavy atom. The van der Waals surface area contributed by atoms with Gasteiger partial charge in [0.25, 0.3) is 0 Å². The first-order chi connectivity index (χ1) is 34.6. The number of aromatic nitrogens is 6. The summed E-state index contributed by atoms with van der Waals surface area (Å²) in [7, 11) is -1.42. The number of aliphatic hydroxyl groups excluding tert-OH is 1. The van der Waals surface area contributed by atoms with Gasteiger partial charge >= 0.3 is 0 Å². The number of morpholine rings is 1. The summed E-state index contributed by atoms with van der Waals surface area (Å²) in [5.41, 5.74) is 7.37. The number of unbranched alkanes of at least 4 members (excludes halogenated alkanes) is 2. The van der Waals surface area contributed by atoms with Crippen LogP contribution in [0.5, 0.6) is 0 Å². The third kappa shape index (κ3) is 11.2. The molecule has 0 amide bonds. The molecule has 4 aromatic heterocycles. The lowest BCUT2D eigenvalue weighted by Gasteiger charge is -2.42. The minimum absolute atomic E-state index is 0.0106. The summed E-state index contributed by atoms with van der Waals surface area (Å²) in [5, 5.41) is 19.1. The Kier molecular flexibility index (Phi) is 15.6. The minimum Gasteiger partial charge on any atom is -0.393 e. The molecule has 1 atom stereocenters. The van der Waals surface area contributed by atoms with Gasteiger partial charge in [-0.05, 0) is 100 Å². The Morgan fingerprint density at radius 2 is 1.24 bits per heavy atom. The van der Waals surface area contributed by atoms with Gasteiger partial charge in [0.05, 0.1) is 30.3 Å². The van der Waals surface area contributed by atoms with E-state index >= 15 is 0 Å². The second kappa shape index (κ2) is 22.4. The van der Waals surface area contributed by atoms with Crippen LogP contribution in [0.4, 0.5) is 11.9 Å². The number of nitrogens with one attached hydrogen (secondary N) is 2. The summed E-state index contributed by atoms with van der Waals surface area (Å²) in [4.78, 5) is 24.8. The Balaban J connectivity index is 0.793. The van der Waals surface area contributed by atoms with Crippen LogP contribution in [0.1, 0.15) is 109 Å². The monoisotopic (exact) mass is 988 g/mol. The van der Waals surface area contributed by atoms with Crippen molar-refractivity contribution in [1.29, 1.82) is 0 Å². The molecule has 2 saturated heterocycles. The molecule has 4 aliphatic rings. The predicted molar refractivity (Wildman–Crippen MR) is 280 cm³/mol. The SMILES string of the molecule is CCCCNc1ncc2c(-c3ccc(CN4CCN(C)C(OC5CCC(n6cc(-c7ccc(S(=O)(=O)N8CCOCC8)cc7)c7cnc(NCCCC)nc76)CC5)C4)cc3)cn(C3CCC(O)CC3)c2n1. The highest BCUT2D eigenvalue weighted by molar-refractivity contribution is 7.89. The molecule has 71 heavy (non-hydrogen) atoms. The molecule has 0 radical (unpaired) electrons. The number of benzene rings is 2. The molecule has 6 heterocycles. The van der Waals surface area contributed by atoms with Gasteiger partial charge in [0.1, 0.15) is 17.5 Å². The van der Waals surface area contributed by atoms with Crippen LogP contribution in [-0.4, -0.2) is 141 Å². The van der Waals surface area contributed by atoms with Gasteiger partial charge in [0.15, 0.2) is 0 Å². The highest BCUT2D eigenvalue weighted by Crippen LogP contribution is 2.40. The first-order valence-electron chi connectivity index (χ1n) is 26.4. The average Bonchev–Trinajstić information content (AvgIpc) is 3.97. The second-order valence-corrected chi connectivity index (χ2v) is 22.2. The number of likely N-dealkylation sites (N-methyl/N-ethyl adjacent to an activating group) is 1. The van der Waals surface area contributed by atoms with Gasteiger partial charge in [-0.1, -0.05) is 63.1 Å². The summed E-state index contributed by atoms with van der Waals surface area (Å²) < 4.78 is 45.4. The third-order valence-electron chi connectivity index (χ3n) is 15.3. The highest BCUT2D eigenvalue weighted by Gasteiger charge is 2.32. The summed E-state index contributed by atoms with van der Waals surface area (Å²) in [6, 6.07) is 16.8. The number of rotatable bonds is 18. The summed E-state index contributed by atoms with van der Waals surface area (Å²) in [6.45, 7) is 11.2. The van der Waals surface area contributed by atoms with Crippen LogP contribution in [0.25, 0.3) is 44.3 Å². The number of fused-ring (bicyclic) bond motifs is 2. The van der Waals surface area contributed by atoms with Crippen LogP contribution >= 0.6 is 0 Å². The van der Waals surface area contributed by atoms with Crippen molar-refractivity contribution in [1.82, 2.24) is 43.2 Å². The fourth-order valence-electron chi connectivity index (χ4n) is 11.0. The quantitative estimate of drug-likeness (QED) is 0.0701. The molecule has 2 saturated carbocycles. The molecule has 2 aliphatic heterocycles. The third-order valence-corrected chi connectivity index (χ3v) is 17.2.